The molecule has 31 heavy (non-hydrogen) atoms. The monoisotopic (exact) mass is 476 g/mol. The lowest BCUT2D eigenvalue weighted by atomic mass is 9.88. The van der Waals surface area contributed by atoms with Crippen molar-refractivity contribution in [2.75, 3.05) is 11.1 Å². The second-order valence-electron chi connectivity index (χ2n) is 7.71. The first-order chi connectivity index (χ1) is 14.5. The number of fused-ring (bicyclic) bond motifs is 1. The highest BCUT2D eigenvalue weighted by Gasteiger charge is 2.37. The number of carbonyl (C=O) groups is 2. The SMILES string of the molecule is CC1CCc2c(sc(NC(=O)CSc3nnc(C(F)(F)F)n3C)c2C(=O)OC(C)C)C1. The average molecular weight is 477 g/mol. The summed E-state index contributed by atoms with van der Waals surface area (Å²) >= 11 is 2.20. The number of hydrogen-bond donors (Lipinski definition) is 1. The van der Waals surface area contributed by atoms with Gasteiger partial charge in [-0.25, -0.2) is 4.79 Å². The van der Waals surface area contributed by atoms with E-state index in [1.165, 1.54) is 18.4 Å². The molecule has 0 spiro atoms. The first kappa shape index (κ1) is 23.6. The van der Waals surface area contributed by atoms with E-state index >= 15 is 0 Å². The van der Waals surface area contributed by atoms with Crippen molar-refractivity contribution in [3.05, 3.63) is 21.8 Å². The molecule has 0 aliphatic heterocycles. The standard InChI is InChI=1S/C19H23F3N4O3S2/c1-9(2)29-16(28)14-11-6-5-10(3)7-12(11)31-15(14)23-13(27)8-30-18-25-24-17(26(18)4)19(20,21)22/h9-10H,5-8H2,1-4H3,(H,23,27). The number of esters is 1. The van der Waals surface area contributed by atoms with E-state index < -0.39 is 23.9 Å². The molecule has 1 aliphatic carbocycles. The highest BCUT2D eigenvalue weighted by atomic mass is 32.2. The van der Waals surface area contributed by atoms with Crippen molar-refractivity contribution in [3.63, 3.8) is 0 Å². The second kappa shape index (κ2) is 9.19. The van der Waals surface area contributed by atoms with E-state index in [1.807, 2.05) is 0 Å². The molecule has 0 aromatic carbocycles. The fraction of sp³-hybridized carbons (Fsp3) is 0.579. The molecule has 2 aromatic rings. The first-order valence-electron chi connectivity index (χ1n) is 9.72. The lowest BCUT2D eigenvalue weighted by molar-refractivity contribution is -0.147. The number of thioether (sulfide) groups is 1. The van der Waals surface area contributed by atoms with Crippen molar-refractivity contribution in [3.8, 4) is 0 Å². The maximum absolute atomic E-state index is 12.8. The van der Waals surface area contributed by atoms with E-state index in [4.69, 9.17) is 4.74 Å². The van der Waals surface area contributed by atoms with Gasteiger partial charge in [-0.05, 0) is 44.6 Å². The van der Waals surface area contributed by atoms with Crippen LogP contribution in [0.2, 0.25) is 0 Å². The van der Waals surface area contributed by atoms with Gasteiger partial charge in [-0.2, -0.15) is 13.2 Å². The molecular formula is C19H23F3N4O3S2. The van der Waals surface area contributed by atoms with Crippen molar-refractivity contribution in [1.82, 2.24) is 14.8 Å². The summed E-state index contributed by atoms with van der Waals surface area (Å²) in [4.78, 5) is 26.3. The normalized spacial score (nSPS) is 16.3. The van der Waals surface area contributed by atoms with Gasteiger partial charge in [0.25, 0.3) is 0 Å². The van der Waals surface area contributed by atoms with Crippen molar-refractivity contribution in [1.29, 1.82) is 0 Å². The van der Waals surface area contributed by atoms with E-state index in [9.17, 15) is 22.8 Å². The van der Waals surface area contributed by atoms with Crippen molar-refractivity contribution >= 4 is 40.0 Å². The number of carbonyl (C=O) groups excluding carboxylic acids is 2. The summed E-state index contributed by atoms with van der Waals surface area (Å²) in [5, 5.41) is 9.78. The number of alkyl halides is 3. The molecule has 1 unspecified atom stereocenters. The third-order valence-electron chi connectivity index (χ3n) is 4.73. The van der Waals surface area contributed by atoms with Crippen LogP contribution in [0.25, 0.3) is 0 Å². The Kier molecular flexibility index (Phi) is 6.99. The minimum atomic E-state index is -4.62. The molecule has 0 saturated carbocycles. The van der Waals surface area contributed by atoms with Crippen LogP contribution < -0.4 is 5.32 Å². The Balaban J connectivity index is 1.75. The number of rotatable bonds is 6. The minimum Gasteiger partial charge on any atom is -0.459 e. The number of thiophene rings is 1. The van der Waals surface area contributed by atoms with Gasteiger partial charge in [-0.1, -0.05) is 18.7 Å². The summed E-state index contributed by atoms with van der Waals surface area (Å²) in [7, 11) is 1.19. The number of nitrogens with one attached hydrogen (secondary N) is 1. The van der Waals surface area contributed by atoms with Gasteiger partial charge in [0.05, 0.1) is 17.4 Å². The average Bonchev–Trinajstić information content (AvgIpc) is 3.18. The molecule has 1 N–H and O–H groups in total. The van der Waals surface area contributed by atoms with Gasteiger partial charge < -0.3 is 14.6 Å². The lowest BCUT2D eigenvalue weighted by Gasteiger charge is -2.18. The maximum Gasteiger partial charge on any atom is 0.451 e. The molecule has 1 aliphatic rings. The summed E-state index contributed by atoms with van der Waals surface area (Å²) in [5.74, 6) is -1.76. The Labute approximate surface area is 185 Å². The van der Waals surface area contributed by atoms with Gasteiger partial charge >= 0.3 is 12.1 Å². The Morgan fingerprint density at radius 3 is 2.68 bits per heavy atom. The predicted molar refractivity (Wildman–Crippen MR) is 111 cm³/mol. The summed E-state index contributed by atoms with van der Waals surface area (Å²) < 4.78 is 44.7. The molecule has 2 aromatic heterocycles. The molecule has 0 saturated heterocycles. The van der Waals surface area contributed by atoms with E-state index in [0.717, 1.165) is 46.0 Å². The fourth-order valence-electron chi connectivity index (χ4n) is 3.31. The van der Waals surface area contributed by atoms with Crippen LogP contribution in [-0.4, -0.2) is 38.5 Å². The van der Waals surface area contributed by atoms with Crippen LogP contribution in [0, 0.1) is 5.92 Å². The first-order valence-corrected chi connectivity index (χ1v) is 11.5. The Hall–Kier alpha value is -2.08. The summed E-state index contributed by atoms with van der Waals surface area (Å²) in [6, 6.07) is 0. The quantitative estimate of drug-likeness (QED) is 0.494. The number of hydrogen-bond acceptors (Lipinski definition) is 7. The molecule has 7 nitrogen and oxygen atoms in total. The van der Waals surface area contributed by atoms with Crippen LogP contribution in [0.4, 0.5) is 18.2 Å². The molecule has 1 atom stereocenters. The highest BCUT2D eigenvalue weighted by Crippen LogP contribution is 2.40. The maximum atomic E-state index is 12.8. The van der Waals surface area contributed by atoms with Crippen LogP contribution in [-0.2, 0) is 35.6 Å². The third kappa shape index (κ3) is 5.40. The Bertz CT molecular complexity index is 985. The smallest absolute Gasteiger partial charge is 0.451 e. The van der Waals surface area contributed by atoms with Crippen molar-refractivity contribution in [2.45, 2.75) is 57.5 Å². The number of nitrogens with zero attached hydrogens (tertiary/aromatic N) is 3. The minimum absolute atomic E-state index is 0.0267. The summed E-state index contributed by atoms with van der Waals surface area (Å²) in [5.41, 5.74) is 1.30. The number of anilines is 1. The predicted octanol–water partition coefficient (Wildman–Crippen LogP) is 4.32. The Morgan fingerprint density at radius 2 is 2.06 bits per heavy atom. The van der Waals surface area contributed by atoms with Crippen LogP contribution in [0.5, 0.6) is 0 Å². The zero-order valence-corrected chi connectivity index (χ0v) is 19.1. The third-order valence-corrected chi connectivity index (χ3v) is 6.92. The lowest BCUT2D eigenvalue weighted by Crippen LogP contribution is -2.19. The van der Waals surface area contributed by atoms with Crippen LogP contribution in [0.3, 0.4) is 0 Å². The van der Waals surface area contributed by atoms with Gasteiger partial charge in [0, 0.05) is 11.9 Å². The van der Waals surface area contributed by atoms with Crippen LogP contribution in [0.1, 0.15) is 53.8 Å². The van der Waals surface area contributed by atoms with E-state index in [2.05, 4.69) is 22.4 Å². The largest absolute Gasteiger partial charge is 0.459 e. The molecule has 3 rings (SSSR count). The zero-order valence-electron chi connectivity index (χ0n) is 17.5. The van der Waals surface area contributed by atoms with Crippen LogP contribution in [0.15, 0.2) is 5.16 Å². The molecule has 0 fully saturated rings. The number of amides is 1. The molecule has 0 radical (unpaired) electrons. The van der Waals surface area contributed by atoms with Crippen LogP contribution >= 0.6 is 23.1 Å². The Morgan fingerprint density at radius 1 is 1.35 bits per heavy atom. The number of ether oxygens (including phenoxy) is 1. The van der Waals surface area contributed by atoms with E-state index in [0.29, 0.717) is 16.5 Å². The van der Waals surface area contributed by atoms with E-state index in [-0.39, 0.29) is 17.0 Å². The number of halogens is 3. The van der Waals surface area contributed by atoms with Gasteiger partial charge in [0.1, 0.15) is 5.00 Å². The second-order valence-corrected chi connectivity index (χ2v) is 9.76. The molecule has 1 amide bonds. The number of aromatic nitrogens is 3. The van der Waals surface area contributed by atoms with E-state index in [1.54, 1.807) is 13.8 Å². The van der Waals surface area contributed by atoms with Crippen molar-refractivity contribution < 1.29 is 27.5 Å². The van der Waals surface area contributed by atoms with Gasteiger partial charge in [-0.15, -0.1) is 21.5 Å². The molecular weight excluding hydrogens is 453 g/mol. The molecule has 12 heteroatoms. The molecule has 2 heterocycles. The molecule has 170 valence electrons. The van der Waals surface area contributed by atoms with Crippen molar-refractivity contribution in [2.24, 2.45) is 13.0 Å². The zero-order chi connectivity index (χ0) is 22.9. The van der Waals surface area contributed by atoms with Gasteiger partial charge in [-0.3, -0.25) is 4.79 Å². The van der Waals surface area contributed by atoms with Gasteiger partial charge in [0.15, 0.2) is 5.16 Å². The summed E-state index contributed by atoms with van der Waals surface area (Å²) in [6.07, 6.45) is -2.42. The fourth-order valence-corrected chi connectivity index (χ4v) is 5.43. The molecule has 0 bridgehead atoms. The summed E-state index contributed by atoms with van der Waals surface area (Å²) in [6.45, 7) is 5.65. The highest BCUT2D eigenvalue weighted by molar-refractivity contribution is 7.99. The van der Waals surface area contributed by atoms with Gasteiger partial charge in [0.2, 0.25) is 11.7 Å². The topological polar surface area (TPSA) is 86.1 Å².